The van der Waals surface area contributed by atoms with Crippen molar-refractivity contribution in [2.45, 2.75) is 38.6 Å². The second kappa shape index (κ2) is 6.57. The molecule has 104 valence electrons. The quantitative estimate of drug-likeness (QED) is 0.829. The molecule has 0 aliphatic carbocycles. The number of ether oxygens (including phenoxy) is 2. The van der Waals surface area contributed by atoms with Crippen molar-refractivity contribution in [2.24, 2.45) is 5.73 Å². The standard InChI is InChI=1S/C15H21NO3/c1-2-4-12(16)10-13(17)11-5-6-14-15(9-11)19-8-3-7-18-14/h5-6,9,12H,2-4,7-8,10,16H2,1H3. The van der Waals surface area contributed by atoms with Crippen LogP contribution in [0.25, 0.3) is 0 Å². The maximum absolute atomic E-state index is 12.1. The van der Waals surface area contributed by atoms with Gasteiger partial charge in [-0.2, -0.15) is 0 Å². The summed E-state index contributed by atoms with van der Waals surface area (Å²) in [7, 11) is 0. The summed E-state index contributed by atoms with van der Waals surface area (Å²) in [5, 5.41) is 0. The Labute approximate surface area is 113 Å². The van der Waals surface area contributed by atoms with Crippen LogP contribution in [-0.2, 0) is 0 Å². The predicted octanol–water partition coefficient (Wildman–Crippen LogP) is 2.55. The number of benzene rings is 1. The molecule has 1 aliphatic heterocycles. The van der Waals surface area contributed by atoms with Gasteiger partial charge in [0.2, 0.25) is 0 Å². The van der Waals surface area contributed by atoms with Gasteiger partial charge in [-0.1, -0.05) is 13.3 Å². The Bertz CT molecular complexity index is 445. The molecule has 0 saturated heterocycles. The molecule has 0 aromatic heterocycles. The van der Waals surface area contributed by atoms with Gasteiger partial charge in [-0.05, 0) is 24.6 Å². The maximum Gasteiger partial charge on any atom is 0.164 e. The minimum absolute atomic E-state index is 0.0616. The molecule has 1 heterocycles. The van der Waals surface area contributed by atoms with E-state index in [1.54, 1.807) is 18.2 Å². The molecule has 0 bridgehead atoms. The van der Waals surface area contributed by atoms with E-state index in [4.69, 9.17) is 15.2 Å². The molecule has 1 unspecified atom stereocenters. The van der Waals surface area contributed by atoms with Crippen molar-refractivity contribution in [1.29, 1.82) is 0 Å². The van der Waals surface area contributed by atoms with Crippen molar-refractivity contribution in [1.82, 2.24) is 0 Å². The molecule has 2 N–H and O–H groups in total. The van der Waals surface area contributed by atoms with Crippen LogP contribution in [0.5, 0.6) is 11.5 Å². The highest BCUT2D eigenvalue weighted by atomic mass is 16.5. The van der Waals surface area contributed by atoms with E-state index in [2.05, 4.69) is 6.92 Å². The fourth-order valence-corrected chi connectivity index (χ4v) is 2.17. The zero-order valence-electron chi connectivity index (χ0n) is 11.4. The molecule has 0 amide bonds. The van der Waals surface area contributed by atoms with Crippen LogP contribution >= 0.6 is 0 Å². The molecule has 0 fully saturated rings. The Morgan fingerprint density at radius 3 is 2.79 bits per heavy atom. The highest BCUT2D eigenvalue weighted by Crippen LogP contribution is 2.30. The zero-order chi connectivity index (χ0) is 13.7. The average Bonchev–Trinajstić information content (AvgIpc) is 2.63. The number of ketones is 1. The Morgan fingerprint density at radius 2 is 2.05 bits per heavy atom. The Kier molecular flexibility index (Phi) is 4.80. The van der Waals surface area contributed by atoms with E-state index in [1.165, 1.54) is 0 Å². The van der Waals surface area contributed by atoms with E-state index in [0.717, 1.165) is 19.3 Å². The summed E-state index contributed by atoms with van der Waals surface area (Å²) in [5.74, 6) is 1.44. The minimum Gasteiger partial charge on any atom is -0.490 e. The highest BCUT2D eigenvalue weighted by Gasteiger charge is 2.15. The summed E-state index contributed by atoms with van der Waals surface area (Å²) in [6.45, 7) is 3.35. The first kappa shape index (κ1) is 13.9. The number of hydrogen-bond acceptors (Lipinski definition) is 4. The second-order valence-electron chi connectivity index (χ2n) is 4.89. The van der Waals surface area contributed by atoms with Gasteiger partial charge in [-0.25, -0.2) is 0 Å². The number of carbonyl (C=O) groups excluding carboxylic acids is 1. The van der Waals surface area contributed by atoms with Crippen molar-refractivity contribution in [3.63, 3.8) is 0 Å². The molecule has 1 aliphatic rings. The summed E-state index contributed by atoms with van der Waals surface area (Å²) in [6.07, 6.45) is 3.11. The molecule has 0 spiro atoms. The molecule has 1 aromatic carbocycles. The summed E-state index contributed by atoms with van der Waals surface area (Å²) in [6, 6.07) is 5.29. The maximum atomic E-state index is 12.1. The Hall–Kier alpha value is -1.55. The van der Waals surface area contributed by atoms with Crippen LogP contribution in [0.4, 0.5) is 0 Å². The van der Waals surface area contributed by atoms with Crippen LogP contribution in [0.15, 0.2) is 18.2 Å². The molecule has 0 saturated carbocycles. The van der Waals surface area contributed by atoms with Crippen LogP contribution in [-0.4, -0.2) is 25.0 Å². The third kappa shape index (κ3) is 3.70. The largest absolute Gasteiger partial charge is 0.490 e. The summed E-state index contributed by atoms with van der Waals surface area (Å²) < 4.78 is 11.1. The topological polar surface area (TPSA) is 61.6 Å². The molecule has 1 aromatic rings. The molecule has 4 nitrogen and oxygen atoms in total. The number of rotatable bonds is 5. The third-order valence-electron chi connectivity index (χ3n) is 3.18. The van der Waals surface area contributed by atoms with Crippen molar-refractivity contribution < 1.29 is 14.3 Å². The highest BCUT2D eigenvalue weighted by molar-refractivity contribution is 5.97. The average molecular weight is 263 g/mol. The fraction of sp³-hybridized carbons (Fsp3) is 0.533. The third-order valence-corrected chi connectivity index (χ3v) is 3.18. The summed E-state index contributed by atoms with van der Waals surface area (Å²) in [4.78, 5) is 12.1. The number of carbonyl (C=O) groups is 1. The van der Waals surface area contributed by atoms with Crippen molar-refractivity contribution in [3.8, 4) is 11.5 Å². The van der Waals surface area contributed by atoms with Gasteiger partial charge in [0.05, 0.1) is 13.2 Å². The number of hydrogen-bond donors (Lipinski definition) is 1. The fourth-order valence-electron chi connectivity index (χ4n) is 2.17. The van der Waals surface area contributed by atoms with Crippen LogP contribution < -0.4 is 15.2 Å². The summed E-state index contributed by atoms with van der Waals surface area (Å²) >= 11 is 0. The van der Waals surface area contributed by atoms with E-state index >= 15 is 0 Å². The number of nitrogens with two attached hydrogens (primary N) is 1. The van der Waals surface area contributed by atoms with Crippen LogP contribution in [0.1, 0.15) is 43.0 Å². The molecule has 4 heteroatoms. The van der Waals surface area contributed by atoms with Gasteiger partial charge in [0.15, 0.2) is 17.3 Å². The van der Waals surface area contributed by atoms with E-state index in [9.17, 15) is 4.79 Å². The smallest absolute Gasteiger partial charge is 0.164 e. The van der Waals surface area contributed by atoms with Gasteiger partial charge in [0, 0.05) is 24.4 Å². The van der Waals surface area contributed by atoms with Crippen LogP contribution in [0.2, 0.25) is 0 Å². The van der Waals surface area contributed by atoms with E-state index in [-0.39, 0.29) is 11.8 Å². The van der Waals surface area contributed by atoms with Gasteiger partial charge in [-0.15, -0.1) is 0 Å². The molecular formula is C15H21NO3. The monoisotopic (exact) mass is 263 g/mol. The zero-order valence-corrected chi connectivity index (χ0v) is 11.4. The predicted molar refractivity (Wildman–Crippen MR) is 73.9 cm³/mol. The molecule has 1 atom stereocenters. The normalized spacial score (nSPS) is 15.7. The van der Waals surface area contributed by atoms with Crippen LogP contribution in [0.3, 0.4) is 0 Å². The van der Waals surface area contributed by atoms with E-state index in [1.807, 2.05) is 0 Å². The van der Waals surface area contributed by atoms with Gasteiger partial charge in [-0.3, -0.25) is 4.79 Å². The minimum atomic E-state index is -0.0616. The molecule has 0 radical (unpaired) electrons. The second-order valence-corrected chi connectivity index (χ2v) is 4.89. The SMILES string of the molecule is CCCC(N)CC(=O)c1ccc2c(c1)OCCCO2. The number of Topliss-reactive ketones (excluding diaryl/α,β-unsaturated/α-hetero) is 1. The first-order valence-electron chi connectivity index (χ1n) is 6.89. The Morgan fingerprint density at radius 1 is 1.32 bits per heavy atom. The lowest BCUT2D eigenvalue weighted by molar-refractivity contribution is 0.0973. The lowest BCUT2D eigenvalue weighted by Gasteiger charge is -2.11. The van der Waals surface area contributed by atoms with Gasteiger partial charge in [0.25, 0.3) is 0 Å². The van der Waals surface area contributed by atoms with Crippen LogP contribution in [0, 0.1) is 0 Å². The van der Waals surface area contributed by atoms with Gasteiger partial charge < -0.3 is 15.2 Å². The van der Waals surface area contributed by atoms with E-state index < -0.39 is 0 Å². The first-order valence-corrected chi connectivity index (χ1v) is 6.89. The molecule has 2 rings (SSSR count). The number of fused-ring (bicyclic) bond motifs is 1. The lowest BCUT2D eigenvalue weighted by Crippen LogP contribution is -2.23. The van der Waals surface area contributed by atoms with Gasteiger partial charge in [0.1, 0.15) is 0 Å². The molecular weight excluding hydrogens is 242 g/mol. The summed E-state index contributed by atoms with van der Waals surface area (Å²) in [5.41, 5.74) is 6.56. The lowest BCUT2D eigenvalue weighted by atomic mass is 10.0. The molecule has 19 heavy (non-hydrogen) atoms. The van der Waals surface area contributed by atoms with Crippen molar-refractivity contribution >= 4 is 5.78 Å². The van der Waals surface area contributed by atoms with Crippen molar-refractivity contribution in [3.05, 3.63) is 23.8 Å². The Balaban J connectivity index is 2.08. The van der Waals surface area contributed by atoms with Crippen molar-refractivity contribution in [2.75, 3.05) is 13.2 Å². The van der Waals surface area contributed by atoms with E-state index in [0.29, 0.717) is 36.7 Å². The first-order chi connectivity index (χ1) is 9.20. The van der Waals surface area contributed by atoms with Gasteiger partial charge >= 0.3 is 0 Å².